The standard InChI is InChI=1S/C22H26N4/c1-23-13-11-21(15-25-19-9-5-3-7-17(19)21)22(12-14-24-2)16-26-20-10-6-4-8-18(20)22/h3-10,15-16,23-24H,11-14H2,1-2H3/t21-,22+. The second-order valence-corrected chi connectivity index (χ2v) is 7.20. The quantitative estimate of drug-likeness (QED) is 0.806. The second kappa shape index (κ2) is 6.78. The minimum Gasteiger partial charge on any atom is -0.320 e. The average molecular weight is 346 g/mol. The third-order valence-corrected chi connectivity index (χ3v) is 5.95. The molecule has 0 amide bonds. The molecule has 0 unspecified atom stereocenters. The summed E-state index contributed by atoms with van der Waals surface area (Å²) in [7, 11) is 4.03. The largest absolute Gasteiger partial charge is 0.320 e. The van der Waals surface area contributed by atoms with Crippen LogP contribution in [-0.2, 0) is 10.8 Å². The molecule has 2 aromatic rings. The molecule has 4 rings (SSSR count). The number of fused-ring (bicyclic) bond motifs is 2. The van der Waals surface area contributed by atoms with E-state index in [-0.39, 0.29) is 10.8 Å². The van der Waals surface area contributed by atoms with Crippen LogP contribution in [0.4, 0.5) is 11.4 Å². The third-order valence-electron chi connectivity index (χ3n) is 5.95. The van der Waals surface area contributed by atoms with Gasteiger partial charge < -0.3 is 10.6 Å². The molecule has 2 aromatic carbocycles. The third kappa shape index (κ3) is 2.37. The van der Waals surface area contributed by atoms with Crippen LogP contribution in [0.1, 0.15) is 24.0 Å². The maximum Gasteiger partial charge on any atom is 0.0667 e. The maximum atomic E-state index is 4.84. The highest BCUT2D eigenvalue weighted by Gasteiger charge is 2.55. The summed E-state index contributed by atoms with van der Waals surface area (Å²) >= 11 is 0. The molecule has 2 aliphatic heterocycles. The summed E-state index contributed by atoms with van der Waals surface area (Å²) in [4.78, 5) is 9.68. The van der Waals surface area contributed by atoms with E-state index in [4.69, 9.17) is 9.98 Å². The van der Waals surface area contributed by atoms with Gasteiger partial charge in [-0.15, -0.1) is 0 Å². The first kappa shape index (κ1) is 17.1. The lowest BCUT2D eigenvalue weighted by atomic mass is 9.56. The van der Waals surface area contributed by atoms with E-state index in [1.807, 2.05) is 14.1 Å². The molecular weight excluding hydrogens is 320 g/mol. The Morgan fingerprint density at radius 1 is 0.692 bits per heavy atom. The van der Waals surface area contributed by atoms with Crippen LogP contribution in [0.2, 0.25) is 0 Å². The van der Waals surface area contributed by atoms with Crippen molar-refractivity contribution >= 4 is 23.8 Å². The van der Waals surface area contributed by atoms with Gasteiger partial charge in [0.1, 0.15) is 0 Å². The Morgan fingerprint density at radius 2 is 1.12 bits per heavy atom. The fourth-order valence-corrected chi connectivity index (χ4v) is 4.63. The van der Waals surface area contributed by atoms with Gasteiger partial charge in [0.25, 0.3) is 0 Å². The van der Waals surface area contributed by atoms with Crippen LogP contribution >= 0.6 is 0 Å². The zero-order valence-corrected chi connectivity index (χ0v) is 15.5. The molecule has 4 heteroatoms. The summed E-state index contributed by atoms with van der Waals surface area (Å²) in [6.45, 7) is 1.86. The molecule has 0 saturated heterocycles. The number of hydrogen-bond acceptors (Lipinski definition) is 4. The van der Waals surface area contributed by atoms with E-state index in [0.29, 0.717) is 0 Å². The number of hydrogen-bond donors (Lipinski definition) is 2. The van der Waals surface area contributed by atoms with Gasteiger partial charge in [0.05, 0.1) is 11.4 Å². The van der Waals surface area contributed by atoms with Crippen molar-refractivity contribution in [2.75, 3.05) is 27.2 Å². The van der Waals surface area contributed by atoms with Crippen LogP contribution in [0.3, 0.4) is 0 Å². The van der Waals surface area contributed by atoms with Crippen molar-refractivity contribution in [3.63, 3.8) is 0 Å². The summed E-state index contributed by atoms with van der Waals surface area (Å²) in [5, 5.41) is 6.70. The van der Waals surface area contributed by atoms with Crippen molar-refractivity contribution in [2.45, 2.75) is 23.7 Å². The van der Waals surface area contributed by atoms with Crippen LogP contribution in [0.15, 0.2) is 58.5 Å². The molecule has 4 nitrogen and oxygen atoms in total. The zero-order valence-electron chi connectivity index (χ0n) is 15.5. The zero-order chi connectivity index (χ0) is 18.0. The molecule has 0 aliphatic carbocycles. The molecule has 0 bridgehead atoms. The van der Waals surface area contributed by atoms with E-state index in [1.54, 1.807) is 0 Å². The lowest BCUT2D eigenvalue weighted by molar-refractivity contribution is 0.352. The normalized spacial score (nSPS) is 25.5. The van der Waals surface area contributed by atoms with Gasteiger partial charge in [-0.25, -0.2) is 0 Å². The van der Waals surface area contributed by atoms with Crippen LogP contribution in [0.5, 0.6) is 0 Å². The smallest absolute Gasteiger partial charge is 0.0667 e. The van der Waals surface area contributed by atoms with Gasteiger partial charge in [0, 0.05) is 23.3 Å². The molecule has 26 heavy (non-hydrogen) atoms. The minimum atomic E-state index is -0.195. The van der Waals surface area contributed by atoms with Gasteiger partial charge in [-0.3, -0.25) is 9.98 Å². The topological polar surface area (TPSA) is 48.8 Å². The summed E-state index contributed by atoms with van der Waals surface area (Å²) in [5.41, 5.74) is 4.42. The first-order chi connectivity index (χ1) is 12.8. The molecule has 0 spiro atoms. The van der Waals surface area contributed by atoms with E-state index in [9.17, 15) is 0 Å². The molecule has 2 N–H and O–H groups in total. The molecule has 134 valence electrons. The number of rotatable bonds is 7. The van der Waals surface area contributed by atoms with Crippen LogP contribution in [0.25, 0.3) is 0 Å². The molecule has 2 heterocycles. The Bertz CT molecular complexity index is 785. The fraction of sp³-hybridized carbons (Fsp3) is 0.364. The first-order valence-corrected chi connectivity index (χ1v) is 9.36. The van der Waals surface area contributed by atoms with Crippen molar-refractivity contribution in [1.82, 2.24) is 10.6 Å². The first-order valence-electron chi connectivity index (χ1n) is 9.36. The average Bonchev–Trinajstić information content (AvgIpc) is 3.26. The summed E-state index contributed by atoms with van der Waals surface area (Å²) in [6.07, 6.45) is 6.35. The molecular formula is C22H26N4. The maximum absolute atomic E-state index is 4.84. The molecule has 2 aliphatic rings. The molecule has 0 radical (unpaired) electrons. The van der Waals surface area contributed by atoms with Crippen molar-refractivity contribution in [1.29, 1.82) is 0 Å². The van der Waals surface area contributed by atoms with Gasteiger partial charge in [-0.2, -0.15) is 0 Å². The van der Waals surface area contributed by atoms with E-state index in [1.165, 1.54) is 11.1 Å². The van der Waals surface area contributed by atoms with Crippen molar-refractivity contribution in [2.24, 2.45) is 9.98 Å². The summed E-state index contributed by atoms with van der Waals surface area (Å²) in [5.74, 6) is 0. The number of aliphatic imine (C=N–C) groups is 2. The lowest BCUT2D eigenvalue weighted by Crippen LogP contribution is -2.52. The minimum absolute atomic E-state index is 0.195. The Morgan fingerprint density at radius 3 is 1.54 bits per heavy atom. The van der Waals surface area contributed by atoms with Crippen LogP contribution < -0.4 is 10.6 Å². The Kier molecular flexibility index (Phi) is 4.47. The van der Waals surface area contributed by atoms with E-state index in [2.05, 4.69) is 71.6 Å². The van der Waals surface area contributed by atoms with Crippen molar-refractivity contribution in [3.8, 4) is 0 Å². The number of benzene rings is 2. The second-order valence-electron chi connectivity index (χ2n) is 7.20. The van der Waals surface area contributed by atoms with Gasteiger partial charge in [0.2, 0.25) is 0 Å². The van der Waals surface area contributed by atoms with E-state index >= 15 is 0 Å². The van der Waals surface area contributed by atoms with E-state index in [0.717, 1.165) is 37.3 Å². The number of nitrogens with one attached hydrogen (secondary N) is 2. The Balaban J connectivity index is 1.94. The van der Waals surface area contributed by atoms with Gasteiger partial charge in [0.15, 0.2) is 0 Å². The van der Waals surface area contributed by atoms with E-state index < -0.39 is 0 Å². The van der Waals surface area contributed by atoms with Gasteiger partial charge >= 0.3 is 0 Å². The molecule has 0 aromatic heterocycles. The van der Waals surface area contributed by atoms with Crippen LogP contribution in [-0.4, -0.2) is 39.6 Å². The van der Waals surface area contributed by atoms with Crippen molar-refractivity contribution < 1.29 is 0 Å². The van der Waals surface area contributed by atoms with Crippen LogP contribution in [0, 0.1) is 0 Å². The summed E-state index contributed by atoms with van der Waals surface area (Å²) in [6, 6.07) is 17.1. The predicted octanol–water partition coefficient (Wildman–Crippen LogP) is 3.51. The lowest BCUT2D eigenvalue weighted by Gasteiger charge is -2.45. The van der Waals surface area contributed by atoms with Gasteiger partial charge in [-0.1, -0.05) is 36.4 Å². The Hall–Kier alpha value is -2.30. The fourth-order valence-electron chi connectivity index (χ4n) is 4.63. The number of para-hydroxylation sites is 2. The van der Waals surface area contributed by atoms with Gasteiger partial charge in [-0.05, 0) is 63.3 Å². The number of nitrogens with zero attached hydrogens (tertiary/aromatic N) is 2. The highest BCUT2D eigenvalue weighted by Crippen LogP contribution is 2.56. The monoisotopic (exact) mass is 346 g/mol. The highest BCUT2D eigenvalue weighted by molar-refractivity contribution is 5.98. The SMILES string of the molecule is CNCC[C@@]1([C@@]2(CCNC)C=Nc3ccccc32)C=Nc2ccccc21. The van der Waals surface area contributed by atoms with Crippen molar-refractivity contribution in [3.05, 3.63) is 59.7 Å². The molecule has 0 fully saturated rings. The highest BCUT2D eigenvalue weighted by atomic mass is 14.9. The summed E-state index contributed by atoms with van der Waals surface area (Å²) < 4.78 is 0. The molecule has 0 saturated carbocycles. The molecule has 2 atom stereocenters. The predicted molar refractivity (Wildman–Crippen MR) is 110 cm³/mol. The Labute approximate surface area is 155 Å².